The maximum atomic E-state index is 2.69. The van der Waals surface area contributed by atoms with Gasteiger partial charge in [-0.25, -0.2) is 0 Å². The van der Waals surface area contributed by atoms with Crippen LogP contribution < -0.4 is 0 Å². The van der Waals surface area contributed by atoms with Crippen LogP contribution in [0.15, 0.2) is 0 Å². The summed E-state index contributed by atoms with van der Waals surface area (Å²) in [6.45, 7) is 17.1. The Hall–Kier alpha value is -0.0400. The molecule has 0 aromatic carbocycles. The monoisotopic (exact) mass is 229 g/mol. The van der Waals surface area contributed by atoms with Gasteiger partial charge >= 0.3 is 0 Å². The lowest BCUT2D eigenvalue weighted by atomic mass is 9.95. The molecule has 16 heavy (non-hydrogen) atoms. The van der Waals surface area contributed by atoms with Crippen molar-refractivity contribution < 1.29 is 0 Å². The van der Waals surface area contributed by atoms with Crippen molar-refractivity contribution in [1.82, 2.24) is 4.90 Å². The highest BCUT2D eigenvalue weighted by atomic mass is 15.2. The minimum atomic E-state index is 0.967. The highest BCUT2D eigenvalue weighted by Crippen LogP contribution is 2.28. The van der Waals surface area contributed by atoms with E-state index >= 15 is 0 Å². The molecule has 2 aliphatic heterocycles. The molecule has 100 valence electrons. The fourth-order valence-corrected chi connectivity index (χ4v) is 2.43. The Balaban J connectivity index is 0. The van der Waals surface area contributed by atoms with Gasteiger partial charge in [-0.15, -0.1) is 0 Å². The molecule has 2 heterocycles. The first-order chi connectivity index (χ1) is 7.86. The van der Waals surface area contributed by atoms with E-state index in [0.717, 1.165) is 12.0 Å². The molecule has 1 heteroatoms. The lowest BCUT2D eigenvalue weighted by Gasteiger charge is -2.33. The summed E-state index contributed by atoms with van der Waals surface area (Å²) in [5.41, 5.74) is 0. The molecule has 0 saturated carbocycles. The molecule has 0 bridgehead atoms. The summed E-state index contributed by atoms with van der Waals surface area (Å²) in [7, 11) is 0. The average molecular weight is 229 g/mol. The molecular formula is C15H35N. The third-order valence-electron chi connectivity index (χ3n) is 3.04. The van der Waals surface area contributed by atoms with Crippen LogP contribution in [0.1, 0.15) is 74.1 Å². The first-order valence-electron chi connectivity index (χ1n) is 7.60. The summed E-state index contributed by atoms with van der Waals surface area (Å²) in [4.78, 5) is 2.69. The third kappa shape index (κ3) is 6.52. The van der Waals surface area contributed by atoms with Gasteiger partial charge in [0.25, 0.3) is 0 Å². The Morgan fingerprint density at radius 2 is 1.38 bits per heavy atom. The summed E-state index contributed by atoms with van der Waals surface area (Å²) >= 11 is 0. The highest BCUT2D eigenvalue weighted by Gasteiger charge is 2.29. The molecule has 0 aliphatic carbocycles. The van der Waals surface area contributed by atoms with Gasteiger partial charge in [-0.2, -0.15) is 0 Å². The zero-order valence-electron chi connectivity index (χ0n) is 12.8. The fourth-order valence-electron chi connectivity index (χ4n) is 2.43. The zero-order valence-corrected chi connectivity index (χ0v) is 12.8. The van der Waals surface area contributed by atoms with Crippen LogP contribution in [0.2, 0.25) is 0 Å². The van der Waals surface area contributed by atoms with Crippen molar-refractivity contribution in [3.8, 4) is 0 Å². The Labute approximate surface area is 105 Å². The van der Waals surface area contributed by atoms with Crippen molar-refractivity contribution in [2.24, 2.45) is 5.92 Å². The van der Waals surface area contributed by atoms with E-state index in [1.165, 1.54) is 38.8 Å². The number of nitrogens with zero attached hydrogens (tertiary/aromatic N) is 1. The summed E-state index contributed by atoms with van der Waals surface area (Å²) in [5.74, 6) is 0.967. The third-order valence-corrected chi connectivity index (χ3v) is 3.04. The van der Waals surface area contributed by atoms with Crippen LogP contribution in [0.4, 0.5) is 0 Å². The van der Waals surface area contributed by atoms with E-state index in [9.17, 15) is 0 Å². The maximum absolute atomic E-state index is 2.69. The first kappa shape index (κ1) is 18.3. The van der Waals surface area contributed by atoms with Gasteiger partial charge in [-0.3, -0.25) is 0 Å². The van der Waals surface area contributed by atoms with E-state index in [1.807, 2.05) is 41.5 Å². The van der Waals surface area contributed by atoms with Gasteiger partial charge in [0.1, 0.15) is 0 Å². The SMILES string of the molecule is CC.CC.CC.CC1CCC2CCCN2C1. The Bertz CT molecular complexity index is 123. The van der Waals surface area contributed by atoms with Crippen LogP contribution in [-0.4, -0.2) is 24.0 Å². The van der Waals surface area contributed by atoms with Gasteiger partial charge in [0.2, 0.25) is 0 Å². The molecule has 2 aliphatic rings. The average Bonchev–Trinajstić information content (AvgIpc) is 2.84. The number of hydrogen-bond donors (Lipinski definition) is 0. The van der Waals surface area contributed by atoms with Gasteiger partial charge in [0.05, 0.1) is 0 Å². The second-order valence-corrected chi connectivity index (χ2v) is 3.97. The van der Waals surface area contributed by atoms with Gasteiger partial charge in [-0.1, -0.05) is 48.5 Å². The first-order valence-corrected chi connectivity index (χ1v) is 7.60. The molecule has 0 aromatic rings. The predicted molar refractivity (Wildman–Crippen MR) is 77.0 cm³/mol. The Kier molecular flexibility index (Phi) is 14.9. The molecule has 0 amide bonds. The van der Waals surface area contributed by atoms with Crippen LogP contribution >= 0.6 is 0 Å². The van der Waals surface area contributed by atoms with Crippen molar-refractivity contribution in [3.05, 3.63) is 0 Å². The standard InChI is InChI=1S/C9H17N.3C2H6/c1-8-4-5-9-3-2-6-10(9)7-8;3*1-2/h8-9H,2-7H2,1H3;3*1-2H3. The molecule has 2 unspecified atom stereocenters. The van der Waals surface area contributed by atoms with Crippen LogP contribution in [0.5, 0.6) is 0 Å². The van der Waals surface area contributed by atoms with Gasteiger partial charge in [0.15, 0.2) is 0 Å². The number of piperidine rings is 1. The highest BCUT2D eigenvalue weighted by molar-refractivity contribution is 4.84. The van der Waals surface area contributed by atoms with Crippen molar-refractivity contribution >= 4 is 0 Å². The van der Waals surface area contributed by atoms with Crippen LogP contribution in [0.3, 0.4) is 0 Å². The molecule has 1 nitrogen and oxygen atoms in total. The van der Waals surface area contributed by atoms with E-state index < -0.39 is 0 Å². The minimum Gasteiger partial charge on any atom is -0.300 e. The second kappa shape index (κ2) is 13.0. The Morgan fingerprint density at radius 1 is 0.812 bits per heavy atom. The Morgan fingerprint density at radius 3 is 1.94 bits per heavy atom. The van der Waals surface area contributed by atoms with Crippen LogP contribution in [0, 0.1) is 5.92 Å². The van der Waals surface area contributed by atoms with E-state index in [4.69, 9.17) is 0 Å². The van der Waals surface area contributed by atoms with E-state index in [2.05, 4.69) is 11.8 Å². The quantitative estimate of drug-likeness (QED) is 0.567. The minimum absolute atomic E-state index is 0.967. The maximum Gasteiger partial charge on any atom is 0.00959 e. The molecule has 2 rings (SSSR count). The van der Waals surface area contributed by atoms with Crippen molar-refractivity contribution in [1.29, 1.82) is 0 Å². The normalized spacial score (nSPS) is 27.2. The molecule has 0 aromatic heterocycles. The van der Waals surface area contributed by atoms with Crippen molar-refractivity contribution in [2.75, 3.05) is 13.1 Å². The van der Waals surface area contributed by atoms with Gasteiger partial charge < -0.3 is 4.90 Å². The largest absolute Gasteiger partial charge is 0.300 e. The van der Waals surface area contributed by atoms with Crippen LogP contribution in [-0.2, 0) is 0 Å². The molecule has 0 N–H and O–H groups in total. The molecule has 0 radical (unpaired) electrons. The smallest absolute Gasteiger partial charge is 0.00959 e. The second-order valence-electron chi connectivity index (χ2n) is 3.97. The van der Waals surface area contributed by atoms with E-state index in [-0.39, 0.29) is 0 Å². The van der Waals surface area contributed by atoms with Crippen LogP contribution in [0.25, 0.3) is 0 Å². The van der Waals surface area contributed by atoms with Crippen molar-refractivity contribution in [3.63, 3.8) is 0 Å². The topological polar surface area (TPSA) is 3.24 Å². The lowest BCUT2D eigenvalue weighted by molar-refractivity contribution is 0.156. The molecule has 2 saturated heterocycles. The summed E-state index contributed by atoms with van der Waals surface area (Å²) in [5, 5.41) is 0. The summed E-state index contributed by atoms with van der Waals surface area (Å²) in [6, 6.07) is 0.983. The van der Waals surface area contributed by atoms with Gasteiger partial charge in [0, 0.05) is 12.6 Å². The summed E-state index contributed by atoms with van der Waals surface area (Å²) in [6.07, 6.45) is 5.88. The fraction of sp³-hybridized carbons (Fsp3) is 1.00. The molecule has 0 spiro atoms. The number of rotatable bonds is 0. The van der Waals surface area contributed by atoms with E-state index in [1.54, 1.807) is 0 Å². The zero-order chi connectivity index (χ0) is 13.0. The molecule has 2 atom stereocenters. The summed E-state index contributed by atoms with van der Waals surface area (Å²) < 4.78 is 0. The molecule has 2 fully saturated rings. The van der Waals surface area contributed by atoms with E-state index in [0.29, 0.717) is 0 Å². The van der Waals surface area contributed by atoms with Crippen molar-refractivity contribution in [2.45, 2.75) is 80.2 Å². The van der Waals surface area contributed by atoms with Gasteiger partial charge in [-0.05, 0) is 38.1 Å². The number of hydrogen-bond acceptors (Lipinski definition) is 1. The molecular weight excluding hydrogens is 194 g/mol. The lowest BCUT2D eigenvalue weighted by Crippen LogP contribution is -2.37. The number of fused-ring (bicyclic) bond motifs is 1. The predicted octanol–water partition coefficient (Wildman–Crippen LogP) is 4.96.